The molecule has 20 heavy (non-hydrogen) atoms. The molecule has 0 amide bonds. The highest BCUT2D eigenvalue weighted by Crippen LogP contribution is 2.38. The predicted molar refractivity (Wildman–Crippen MR) is 82.7 cm³/mol. The Kier molecular flexibility index (Phi) is 3.69. The van der Waals surface area contributed by atoms with Gasteiger partial charge in [0.05, 0.1) is 9.88 Å². The molecule has 0 spiro atoms. The maximum atomic E-state index is 11.5. The Morgan fingerprint density at radius 1 is 1.20 bits per heavy atom. The van der Waals surface area contributed by atoms with Gasteiger partial charge in [0.1, 0.15) is 0 Å². The van der Waals surface area contributed by atoms with E-state index >= 15 is 0 Å². The standard InChI is InChI=1S/C16H19NO2S/c1-9-7-6-8-10(2)11(9)13-12(14(18)19)17-15(20-13)16(3,4)5/h6-8H,1-5H3,(H,18,19). The predicted octanol–water partition coefficient (Wildman–Crippen LogP) is 4.42. The molecular formula is C16H19NO2S. The summed E-state index contributed by atoms with van der Waals surface area (Å²) < 4.78 is 0. The van der Waals surface area contributed by atoms with Gasteiger partial charge in [-0.15, -0.1) is 11.3 Å². The second kappa shape index (κ2) is 5.02. The van der Waals surface area contributed by atoms with E-state index in [0.717, 1.165) is 26.6 Å². The maximum Gasteiger partial charge on any atom is 0.356 e. The van der Waals surface area contributed by atoms with Gasteiger partial charge in [-0.2, -0.15) is 0 Å². The van der Waals surface area contributed by atoms with Crippen LogP contribution in [0.25, 0.3) is 10.4 Å². The summed E-state index contributed by atoms with van der Waals surface area (Å²) >= 11 is 1.48. The smallest absolute Gasteiger partial charge is 0.356 e. The highest BCUT2D eigenvalue weighted by molar-refractivity contribution is 7.15. The molecule has 4 heteroatoms. The first-order valence-corrected chi connectivity index (χ1v) is 7.34. The fraction of sp³-hybridized carbons (Fsp3) is 0.375. The number of thiazole rings is 1. The molecule has 106 valence electrons. The van der Waals surface area contributed by atoms with Crippen LogP contribution in [0.15, 0.2) is 18.2 Å². The van der Waals surface area contributed by atoms with Gasteiger partial charge in [-0.1, -0.05) is 39.0 Å². The van der Waals surface area contributed by atoms with E-state index in [1.54, 1.807) is 0 Å². The lowest BCUT2D eigenvalue weighted by molar-refractivity contribution is 0.0692. The van der Waals surface area contributed by atoms with Crippen LogP contribution in [0.2, 0.25) is 0 Å². The third kappa shape index (κ3) is 2.61. The number of aryl methyl sites for hydroxylation is 2. The van der Waals surface area contributed by atoms with Gasteiger partial charge in [0.25, 0.3) is 0 Å². The lowest BCUT2D eigenvalue weighted by atomic mass is 9.98. The summed E-state index contributed by atoms with van der Waals surface area (Å²) in [5.74, 6) is -0.964. The third-order valence-electron chi connectivity index (χ3n) is 3.18. The van der Waals surface area contributed by atoms with Crippen molar-refractivity contribution in [2.24, 2.45) is 0 Å². The Morgan fingerprint density at radius 2 is 1.75 bits per heavy atom. The number of carboxylic acid groups (broad SMARTS) is 1. The lowest BCUT2D eigenvalue weighted by Gasteiger charge is -2.13. The van der Waals surface area contributed by atoms with Gasteiger partial charge in [-0.25, -0.2) is 9.78 Å². The van der Waals surface area contributed by atoms with Crippen molar-refractivity contribution in [2.45, 2.75) is 40.0 Å². The number of hydrogen-bond donors (Lipinski definition) is 1. The van der Waals surface area contributed by atoms with Crippen molar-refractivity contribution in [1.29, 1.82) is 0 Å². The first kappa shape index (κ1) is 14.7. The van der Waals surface area contributed by atoms with Gasteiger partial charge < -0.3 is 5.11 Å². The minimum absolute atomic E-state index is 0.149. The topological polar surface area (TPSA) is 50.2 Å². The Morgan fingerprint density at radius 3 is 2.20 bits per heavy atom. The number of aromatic nitrogens is 1. The number of aromatic carboxylic acids is 1. The van der Waals surface area contributed by atoms with Crippen LogP contribution in [0.1, 0.15) is 47.4 Å². The number of hydrogen-bond acceptors (Lipinski definition) is 3. The number of nitrogens with zero attached hydrogens (tertiary/aromatic N) is 1. The van der Waals surface area contributed by atoms with Crippen molar-refractivity contribution >= 4 is 17.3 Å². The monoisotopic (exact) mass is 289 g/mol. The van der Waals surface area contributed by atoms with Crippen LogP contribution in [0, 0.1) is 13.8 Å². The van der Waals surface area contributed by atoms with Crippen LogP contribution in [-0.4, -0.2) is 16.1 Å². The van der Waals surface area contributed by atoms with Crippen molar-refractivity contribution in [2.75, 3.05) is 0 Å². The van der Waals surface area contributed by atoms with Crippen molar-refractivity contribution in [3.63, 3.8) is 0 Å². The van der Waals surface area contributed by atoms with Gasteiger partial charge >= 0.3 is 5.97 Å². The van der Waals surface area contributed by atoms with Gasteiger partial charge in [0.2, 0.25) is 0 Å². The number of carbonyl (C=O) groups is 1. The Bertz CT molecular complexity index is 645. The molecule has 1 heterocycles. The summed E-state index contributed by atoms with van der Waals surface area (Å²) in [5, 5.41) is 10.3. The minimum atomic E-state index is -0.964. The number of benzene rings is 1. The average molecular weight is 289 g/mol. The Labute approximate surface area is 123 Å². The second-order valence-electron chi connectivity index (χ2n) is 6.02. The highest BCUT2D eigenvalue weighted by atomic mass is 32.1. The third-order valence-corrected chi connectivity index (χ3v) is 4.68. The first-order valence-electron chi connectivity index (χ1n) is 6.53. The summed E-state index contributed by atoms with van der Waals surface area (Å²) in [7, 11) is 0. The van der Waals surface area contributed by atoms with Crippen molar-refractivity contribution < 1.29 is 9.90 Å². The maximum absolute atomic E-state index is 11.5. The molecule has 1 aromatic carbocycles. The minimum Gasteiger partial charge on any atom is -0.476 e. The number of rotatable bonds is 2. The van der Waals surface area contributed by atoms with Gasteiger partial charge in [0.15, 0.2) is 5.69 Å². The molecule has 1 aromatic heterocycles. The summed E-state index contributed by atoms with van der Waals surface area (Å²) in [6.07, 6.45) is 0. The SMILES string of the molecule is Cc1cccc(C)c1-c1sc(C(C)(C)C)nc1C(=O)O. The molecule has 0 aliphatic heterocycles. The highest BCUT2D eigenvalue weighted by Gasteiger charge is 2.26. The van der Waals surface area contributed by atoms with E-state index in [1.807, 2.05) is 52.8 Å². The molecule has 2 rings (SSSR count). The lowest BCUT2D eigenvalue weighted by Crippen LogP contribution is -2.11. The van der Waals surface area contributed by atoms with E-state index < -0.39 is 5.97 Å². The molecule has 0 fully saturated rings. The molecule has 0 atom stereocenters. The largest absolute Gasteiger partial charge is 0.476 e. The zero-order valence-corrected chi connectivity index (χ0v) is 13.3. The average Bonchev–Trinajstić information content (AvgIpc) is 2.73. The molecule has 1 N–H and O–H groups in total. The zero-order chi connectivity index (χ0) is 15.1. The van der Waals surface area contributed by atoms with E-state index in [0.29, 0.717) is 0 Å². The molecule has 0 aliphatic carbocycles. The van der Waals surface area contributed by atoms with Crippen molar-refractivity contribution in [1.82, 2.24) is 4.98 Å². The molecule has 0 bridgehead atoms. The van der Waals surface area contributed by atoms with E-state index in [1.165, 1.54) is 11.3 Å². The van der Waals surface area contributed by atoms with E-state index in [9.17, 15) is 9.90 Å². The van der Waals surface area contributed by atoms with Crippen molar-refractivity contribution in [3.05, 3.63) is 40.0 Å². The summed E-state index contributed by atoms with van der Waals surface area (Å²) in [6.45, 7) is 10.2. The van der Waals surface area contributed by atoms with E-state index in [-0.39, 0.29) is 11.1 Å². The quantitative estimate of drug-likeness (QED) is 0.890. The Balaban J connectivity index is 2.73. The molecular weight excluding hydrogens is 270 g/mol. The molecule has 0 aliphatic rings. The van der Waals surface area contributed by atoms with E-state index in [2.05, 4.69) is 4.98 Å². The van der Waals surface area contributed by atoms with Crippen LogP contribution in [0.4, 0.5) is 0 Å². The first-order chi connectivity index (χ1) is 9.21. The summed E-state index contributed by atoms with van der Waals surface area (Å²) in [6, 6.07) is 6.00. The van der Waals surface area contributed by atoms with Gasteiger partial charge in [-0.3, -0.25) is 0 Å². The van der Waals surface area contributed by atoms with E-state index in [4.69, 9.17) is 0 Å². The molecule has 0 saturated heterocycles. The normalized spacial score (nSPS) is 11.7. The second-order valence-corrected chi connectivity index (χ2v) is 7.02. The summed E-state index contributed by atoms with van der Waals surface area (Å²) in [5.41, 5.74) is 3.17. The van der Waals surface area contributed by atoms with Gasteiger partial charge in [-0.05, 0) is 25.0 Å². The molecule has 0 saturated carbocycles. The van der Waals surface area contributed by atoms with Crippen LogP contribution in [0.5, 0.6) is 0 Å². The molecule has 3 nitrogen and oxygen atoms in total. The van der Waals surface area contributed by atoms with Crippen LogP contribution in [-0.2, 0) is 5.41 Å². The fourth-order valence-electron chi connectivity index (χ4n) is 2.13. The Hall–Kier alpha value is -1.68. The number of carboxylic acids is 1. The van der Waals surface area contributed by atoms with Crippen molar-refractivity contribution in [3.8, 4) is 10.4 Å². The summed E-state index contributed by atoms with van der Waals surface area (Å²) in [4.78, 5) is 16.6. The van der Waals surface area contributed by atoms with Crippen LogP contribution in [0.3, 0.4) is 0 Å². The zero-order valence-electron chi connectivity index (χ0n) is 12.4. The van der Waals surface area contributed by atoms with Gasteiger partial charge in [0, 0.05) is 11.0 Å². The molecule has 2 aromatic rings. The van der Waals surface area contributed by atoms with Crippen LogP contribution < -0.4 is 0 Å². The van der Waals surface area contributed by atoms with Crippen LogP contribution >= 0.6 is 11.3 Å². The fourth-order valence-corrected chi connectivity index (χ4v) is 3.42. The molecule has 0 unspecified atom stereocenters. The molecule has 0 radical (unpaired) electrons.